The zero-order chi connectivity index (χ0) is 15.5. The number of hydrogen-bond acceptors (Lipinski definition) is 4. The van der Waals surface area contributed by atoms with Gasteiger partial charge < -0.3 is 4.90 Å². The molecule has 21 heavy (non-hydrogen) atoms. The Labute approximate surface area is 138 Å². The van der Waals surface area contributed by atoms with Gasteiger partial charge in [-0.2, -0.15) is 11.3 Å². The third-order valence-corrected chi connectivity index (χ3v) is 6.28. The second-order valence-corrected chi connectivity index (χ2v) is 8.19. The van der Waals surface area contributed by atoms with E-state index in [2.05, 4.69) is 20.7 Å². The third kappa shape index (κ3) is 4.14. The van der Waals surface area contributed by atoms with E-state index in [9.17, 15) is 8.42 Å². The largest absolute Gasteiger partial charge is 0.301 e. The minimum Gasteiger partial charge on any atom is -0.301 e. The van der Waals surface area contributed by atoms with Gasteiger partial charge in [-0.15, -0.1) is 0 Å². The number of rotatable bonds is 6. The molecule has 0 amide bonds. The predicted octanol–water partition coefficient (Wildman–Crippen LogP) is 3.09. The zero-order valence-corrected chi connectivity index (χ0v) is 15.0. The van der Waals surface area contributed by atoms with E-state index < -0.39 is 10.0 Å². The molecule has 1 unspecified atom stereocenters. The number of nitrogens with one attached hydrogen (secondary N) is 1. The molecule has 0 spiro atoms. The molecule has 0 radical (unpaired) electrons. The topological polar surface area (TPSA) is 49.4 Å². The van der Waals surface area contributed by atoms with Crippen molar-refractivity contribution in [2.75, 3.05) is 20.6 Å². The molecular weight excluding hydrogens is 372 g/mol. The molecule has 1 aromatic heterocycles. The van der Waals surface area contributed by atoms with Crippen LogP contribution < -0.4 is 4.72 Å². The van der Waals surface area contributed by atoms with Crippen molar-refractivity contribution >= 4 is 37.3 Å². The maximum atomic E-state index is 12.4. The summed E-state index contributed by atoms with van der Waals surface area (Å²) in [5.41, 5.74) is 1.11. The smallest absolute Gasteiger partial charge is 0.241 e. The summed E-state index contributed by atoms with van der Waals surface area (Å²) >= 11 is 4.88. The van der Waals surface area contributed by atoms with Crippen molar-refractivity contribution in [3.8, 4) is 0 Å². The first kappa shape index (κ1) is 16.6. The number of thiophene rings is 1. The van der Waals surface area contributed by atoms with Gasteiger partial charge in [0.2, 0.25) is 10.0 Å². The Hall–Kier alpha value is -0.730. The van der Waals surface area contributed by atoms with Crippen molar-refractivity contribution < 1.29 is 8.42 Å². The zero-order valence-electron chi connectivity index (χ0n) is 11.8. The van der Waals surface area contributed by atoms with E-state index in [4.69, 9.17) is 0 Å². The highest BCUT2D eigenvalue weighted by molar-refractivity contribution is 9.10. The van der Waals surface area contributed by atoms with E-state index in [0.29, 0.717) is 11.0 Å². The molecule has 1 N–H and O–H groups in total. The van der Waals surface area contributed by atoms with E-state index in [0.717, 1.165) is 5.56 Å². The van der Waals surface area contributed by atoms with E-state index in [1.165, 1.54) is 0 Å². The maximum Gasteiger partial charge on any atom is 0.241 e. The van der Waals surface area contributed by atoms with Crippen LogP contribution in [0.3, 0.4) is 0 Å². The first-order valence-corrected chi connectivity index (χ1v) is 9.56. The predicted molar refractivity (Wildman–Crippen MR) is 90.1 cm³/mol. The SMILES string of the molecule is CN(C)C(CNS(=O)(=O)c1ccccc1Br)c1ccsc1. The second kappa shape index (κ2) is 7.02. The molecule has 0 fully saturated rings. The summed E-state index contributed by atoms with van der Waals surface area (Å²) in [4.78, 5) is 2.26. The molecule has 0 bridgehead atoms. The molecule has 4 nitrogen and oxygen atoms in total. The summed E-state index contributed by atoms with van der Waals surface area (Å²) in [6.45, 7) is 0.327. The van der Waals surface area contributed by atoms with Crippen LogP contribution in [0.25, 0.3) is 0 Å². The average Bonchev–Trinajstić information content (AvgIpc) is 2.92. The molecule has 0 saturated heterocycles. The molecule has 1 atom stereocenters. The lowest BCUT2D eigenvalue weighted by atomic mass is 10.1. The lowest BCUT2D eigenvalue weighted by Gasteiger charge is -2.24. The normalized spacial score (nSPS) is 13.5. The highest BCUT2D eigenvalue weighted by Crippen LogP contribution is 2.23. The summed E-state index contributed by atoms with van der Waals surface area (Å²) in [6, 6.07) is 8.83. The third-order valence-electron chi connectivity index (χ3n) is 3.14. The van der Waals surface area contributed by atoms with Gasteiger partial charge in [0.25, 0.3) is 0 Å². The van der Waals surface area contributed by atoms with Gasteiger partial charge in [-0.25, -0.2) is 13.1 Å². The van der Waals surface area contributed by atoms with Gasteiger partial charge in [0.05, 0.1) is 4.90 Å². The molecule has 0 saturated carbocycles. The van der Waals surface area contributed by atoms with Gasteiger partial charge in [0.15, 0.2) is 0 Å². The standard InChI is InChI=1S/C14H17BrN2O2S2/c1-17(2)13(11-7-8-20-10-11)9-16-21(18,19)14-6-4-3-5-12(14)15/h3-8,10,13,16H,9H2,1-2H3. The Morgan fingerprint density at radius 1 is 1.29 bits per heavy atom. The molecular formula is C14H17BrN2O2S2. The molecule has 2 aromatic rings. The number of hydrogen-bond donors (Lipinski definition) is 1. The quantitative estimate of drug-likeness (QED) is 0.826. The van der Waals surface area contributed by atoms with Crippen LogP contribution in [0.15, 0.2) is 50.5 Å². The van der Waals surface area contributed by atoms with Gasteiger partial charge in [0, 0.05) is 17.1 Å². The van der Waals surface area contributed by atoms with Crippen LogP contribution in [-0.2, 0) is 10.0 Å². The van der Waals surface area contributed by atoms with Crippen molar-refractivity contribution in [2.45, 2.75) is 10.9 Å². The van der Waals surface area contributed by atoms with Gasteiger partial charge in [-0.3, -0.25) is 0 Å². The Morgan fingerprint density at radius 3 is 2.57 bits per heavy atom. The highest BCUT2D eigenvalue weighted by Gasteiger charge is 2.21. The van der Waals surface area contributed by atoms with Crippen LogP contribution in [0.5, 0.6) is 0 Å². The van der Waals surface area contributed by atoms with E-state index in [1.54, 1.807) is 35.6 Å². The van der Waals surface area contributed by atoms with E-state index in [1.807, 2.05) is 35.8 Å². The Morgan fingerprint density at radius 2 is 2.00 bits per heavy atom. The average molecular weight is 389 g/mol. The molecule has 2 rings (SSSR count). The van der Waals surface area contributed by atoms with Crippen molar-refractivity contribution in [1.82, 2.24) is 9.62 Å². The van der Waals surface area contributed by atoms with Crippen LogP contribution in [0.2, 0.25) is 0 Å². The number of sulfonamides is 1. The van der Waals surface area contributed by atoms with Crippen molar-refractivity contribution in [3.63, 3.8) is 0 Å². The molecule has 7 heteroatoms. The van der Waals surface area contributed by atoms with Crippen LogP contribution >= 0.6 is 27.3 Å². The van der Waals surface area contributed by atoms with Gasteiger partial charge in [-0.1, -0.05) is 12.1 Å². The monoisotopic (exact) mass is 388 g/mol. The fourth-order valence-corrected chi connectivity index (χ4v) is 4.74. The van der Waals surface area contributed by atoms with Crippen LogP contribution in [0, 0.1) is 0 Å². The first-order valence-electron chi connectivity index (χ1n) is 6.34. The number of nitrogens with zero attached hydrogens (tertiary/aromatic N) is 1. The summed E-state index contributed by atoms with van der Waals surface area (Å²) in [6.07, 6.45) is 0. The Balaban J connectivity index is 2.16. The van der Waals surface area contributed by atoms with Crippen molar-refractivity contribution in [2.24, 2.45) is 0 Å². The first-order chi connectivity index (χ1) is 9.92. The van der Waals surface area contributed by atoms with Crippen LogP contribution in [0.1, 0.15) is 11.6 Å². The number of halogens is 1. The fraction of sp³-hybridized carbons (Fsp3) is 0.286. The molecule has 0 aliphatic carbocycles. The van der Waals surface area contributed by atoms with Gasteiger partial charge in [-0.05, 0) is 64.5 Å². The van der Waals surface area contributed by atoms with Gasteiger partial charge >= 0.3 is 0 Å². The van der Waals surface area contributed by atoms with E-state index >= 15 is 0 Å². The minimum absolute atomic E-state index is 0.00788. The lowest BCUT2D eigenvalue weighted by Crippen LogP contribution is -2.34. The molecule has 114 valence electrons. The second-order valence-electron chi connectivity index (χ2n) is 4.82. The minimum atomic E-state index is -3.53. The maximum absolute atomic E-state index is 12.4. The molecule has 0 aliphatic heterocycles. The summed E-state index contributed by atoms with van der Waals surface area (Å²) in [7, 11) is 0.348. The number of benzene rings is 1. The molecule has 0 aliphatic rings. The molecule has 1 heterocycles. The fourth-order valence-electron chi connectivity index (χ4n) is 1.99. The highest BCUT2D eigenvalue weighted by atomic mass is 79.9. The number of likely N-dealkylation sites (N-methyl/N-ethyl adjacent to an activating group) is 1. The summed E-state index contributed by atoms with van der Waals surface area (Å²) < 4.78 is 28.0. The van der Waals surface area contributed by atoms with Crippen LogP contribution in [-0.4, -0.2) is 34.0 Å². The van der Waals surface area contributed by atoms with Crippen LogP contribution in [0.4, 0.5) is 0 Å². The lowest BCUT2D eigenvalue weighted by molar-refractivity contribution is 0.300. The Bertz CT molecular complexity index is 685. The molecule has 1 aromatic carbocycles. The van der Waals surface area contributed by atoms with Gasteiger partial charge in [0.1, 0.15) is 0 Å². The van der Waals surface area contributed by atoms with E-state index in [-0.39, 0.29) is 10.9 Å². The van der Waals surface area contributed by atoms with Crippen molar-refractivity contribution in [3.05, 3.63) is 51.1 Å². The summed E-state index contributed by atoms with van der Waals surface area (Å²) in [5.74, 6) is 0. The Kier molecular flexibility index (Phi) is 5.56. The van der Waals surface area contributed by atoms with Crippen molar-refractivity contribution in [1.29, 1.82) is 0 Å². The summed E-state index contributed by atoms with van der Waals surface area (Å²) in [5, 5.41) is 4.03.